The van der Waals surface area contributed by atoms with E-state index in [1.807, 2.05) is 6.92 Å². The molecule has 0 atom stereocenters. The number of amides is 1. The number of ether oxygens (including phenoxy) is 1. The van der Waals surface area contributed by atoms with E-state index in [1.54, 1.807) is 31.2 Å². The molecule has 0 heterocycles. The van der Waals surface area contributed by atoms with Crippen LogP contribution < -0.4 is 5.73 Å². The molecule has 0 fully saturated rings. The highest BCUT2D eigenvalue weighted by Crippen LogP contribution is 2.10. The van der Waals surface area contributed by atoms with Gasteiger partial charge in [-0.05, 0) is 31.5 Å². The summed E-state index contributed by atoms with van der Waals surface area (Å²) in [7, 11) is 0. The Morgan fingerprint density at radius 3 is 2.63 bits per heavy atom. The molecule has 19 heavy (non-hydrogen) atoms. The Balaban J connectivity index is 2.80. The highest BCUT2D eigenvalue weighted by molar-refractivity contribution is 5.96. The maximum Gasteiger partial charge on any atom is 0.325 e. The Morgan fingerprint density at radius 1 is 1.32 bits per heavy atom. The topological polar surface area (TPSA) is 72.6 Å². The van der Waals surface area contributed by atoms with Crippen LogP contribution in [0, 0.1) is 0 Å². The lowest BCUT2D eigenvalue weighted by atomic mass is 10.1. The van der Waals surface area contributed by atoms with E-state index in [9.17, 15) is 9.59 Å². The molecule has 2 N–H and O–H groups in total. The number of carbonyl (C=O) groups is 2. The van der Waals surface area contributed by atoms with Gasteiger partial charge in [0, 0.05) is 17.8 Å². The van der Waals surface area contributed by atoms with Crippen LogP contribution in [-0.4, -0.2) is 36.5 Å². The zero-order valence-electron chi connectivity index (χ0n) is 11.4. The minimum absolute atomic E-state index is 0.0324. The number of hydrogen-bond acceptors (Lipinski definition) is 4. The van der Waals surface area contributed by atoms with E-state index in [0.717, 1.165) is 6.42 Å². The Morgan fingerprint density at radius 2 is 2.05 bits per heavy atom. The van der Waals surface area contributed by atoms with E-state index in [-0.39, 0.29) is 12.5 Å². The second-order valence-corrected chi connectivity index (χ2v) is 4.16. The number of anilines is 1. The van der Waals surface area contributed by atoms with Gasteiger partial charge in [-0.1, -0.05) is 13.0 Å². The second kappa shape index (κ2) is 7.41. The molecule has 0 aliphatic carbocycles. The lowest BCUT2D eigenvalue weighted by Gasteiger charge is -2.21. The van der Waals surface area contributed by atoms with E-state index in [0.29, 0.717) is 24.4 Å². The molecule has 1 rings (SSSR count). The van der Waals surface area contributed by atoms with Crippen LogP contribution in [0.4, 0.5) is 5.69 Å². The minimum atomic E-state index is -0.395. The molecule has 104 valence electrons. The summed E-state index contributed by atoms with van der Waals surface area (Å²) in [5, 5.41) is 0. The molecule has 1 amide bonds. The number of nitrogen functional groups attached to an aromatic ring is 1. The average molecular weight is 264 g/mol. The number of esters is 1. The van der Waals surface area contributed by atoms with Crippen molar-refractivity contribution >= 4 is 17.6 Å². The standard InChI is InChI=1S/C14H20N2O3/c1-3-8-16(10-13(17)19-4-2)14(18)11-6-5-7-12(15)9-11/h5-7,9H,3-4,8,10,15H2,1-2H3. The maximum atomic E-state index is 12.3. The summed E-state index contributed by atoms with van der Waals surface area (Å²) in [6, 6.07) is 6.73. The molecule has 0 aliphatic heterocycles. The Hall–Kier alpha value is -2.04. The van der Waals surface area contributed by atoms with Crippen molar-refractivity contribution in [2.24, 2.45) is 0 Å². The molecule has 0 spiro atoms. The lowest BCUT2D eigenvalue weighted by molar-refractivity contribution is -0.143. The summed E-state index contributed by atoms with van der Waals surface area (Å²) < 4.78 is 4.87. The molecule has 0 radical (unpaired) electrons. The first-order chi connectivity index (χ1) is 9.08. The summed E-state index contributed by atoms with van der Waals surface area (Å²) in [6.07, 6.45) is 0.771. The van der Waals surface area contributed by atoms with Crippen molar-refractivity contribution in [1.82, 2.24) is 4.90 Å². The van der Waals surface area contributed by atoms with Gasteiger partial charge in [0.25, 0.3) is 5.91 Å². The second-order valence-electron chi connectivity index (χ2n) is 4.16. The van der Waals surface area contributed by atoms with E-state index >= 15 is 0 Å². The average Bonchev–Trinajstić information content (AvgIpc) is 2.37. The molecule has 0 unspecified atom stereocenters. The quantitative estimate of drug-likeness (QED) is 0.626. The molecule has 0 saturated carbocycles. The summed E-state index contributed by atoms with van der Waals surface area (Å²) in [5.74, 6) is -0.601. The third-order valence-corrected chi connectivity index (χ3v) is 2.54. The number of carbonyl (C=O) groups excluding carboxylic acids is 2. The zero-order chi connectivity index (χ0) is 14.3. The van der Waals surface area contributed by atoms with E-state index < -0.39 is 5.97 Å². The SMILES string of the molecule is CCCN(CC(=O)OCC)C(=O)c1cccc(N)c1. The van der Waals surface area contributed by atoms with Gasteiger partial charge in [-0.25, -0.2) is 0 Å². The van der Waals surface area contributed by atoms with Gasteiger partial charge < -0.3 is 15.4 Å². The number of hydrogen-bond donors (Lipinski definition) is 1. The van der Waals surface area contributed by atoms with Gasteiger partial charge in [-0.3, -0.25) is 9.59 Å². The third-order valence-electron chi connectivity index (χ3n) is 2.54. The van der Waals surface area contributed by atoms with Crippen molar-refractivity contribution in [1.29, 1.82) is 0 Å². The first kappa shape index (κ1) is 15.0. The van der Waals surface area contributed by atoms with E-state index in [4.69, 9.17) is 10.5 Å². The number of benzene rings is 1. The van der Waals surface area contributed by atoms with E-state index in [1.165, 1.54) is 4.90 Å². The van der Waals surface area contributed by atoms with Gasteiger partial charge in [0.05, 0.1) is 6.61 Å². The normalized spacial score (nSPS) is 10.0. The van der Waals surface area contributed by atoms with Crippen molar-refractivity contribution in [2.75, 3.05) is 25.4 Å². The van der Waals surface area contributed by atoms with Crippen LogP contribution in [0.2, 0.25) is 0 Å². The van der Waals surface area contributed by atoms with Crippen molar-refractivity contribution in [2.45, 2.75) is 20.3 Å². The van der Waals surface area contributed by atoms with Crippen LogP contribution in [0.5, 0.6) is 0 Å². The first-order valence-electron chi connectivity index (χ1n) is 6.38. The monoisotopic (exact) mass is 264 g/mol. The van der Waals surface area contributed by atoms with Crippen molar-refractivity contribution in [3.05, 3.63) is 29.8 Å². The molecule has 0 aliphatic rings. The summed E-state index contributed by atoms with van der Waals surface area (Å²) >= 11 is 0. The molecule has 0 bridgehead atoms. The van der Waals surface area contributed by atoms with Crippen LogP contribution >= 0.6 is 0 Å². The van der Waals surface area contributed by atoms with Crippen LogP contribution in [0.25, 0.3) is 0 Å². The summed E-state index contributed by atoms with van der Waals surface area (Å²) in [5.41, 5.74) is 6.67. The van der Waals surface area contributed by atoms with E-state index in [2.05, 4.69) is 0 Å². The number of nitrogens with zero attached hydrogens (tertiary/aromatic N) is 1. The Kier molecular flexibility index (Phi) is 5.85. The minimum Gasteiger partial charge on any atom is -0.465 e. The largest absolute Gasteiger partial charge is 0.465 e. The smallest absolute Gasteiger partial charge is 0.325 e. The summed E-state index contributed by atoms with van der Waals surface area (Å²) in [6.45, 7) is 4.47. The predicted octanol–water partition coefficient (Wildman–Crippen LogP) is 1.68. The van der Waals surface area contributed by atoms with Crippen LogP contribution in [0.1, 0.15) is 30.6 Å². The van der Waals surface area contributed by atoms with Crippen LogP contribution in [0.3, 0.4) is 0 Å². The molecule has 5 heteroatoms. The van der Waals surface area contributed by atoms with Gasteiger partial charge in [-0.15, -0.1) is 0 Å². The van der Waals surface area contributed by atoms with Crippen LogP contribution in [0.15, 0.2) is 24.3 Å². The van der Waals surface area contributed by atoms with Gasteiger partial charge >= 0.3 is 5.97 Å². The molecule has 0 saturated heterocycles. The maximum absolute atomic E-state index is 12.3. The number of rotatable bonds is 6. The van der Waals surface area contributed by atoms with Gasteiger partial charge in [-0.2, -0.15) is 0 Å². The molecular formula is C14H20N2O3. The number of nitrogens with two attached hydrogens (primary N) is 1. The Labute approximate surface area is 113 Å². The lowest BCUT2D eigenvalue weighted by Crippen LogP contribution is -2.37. The molecular weight excluding hydrogens is 244 g/mol. The van der Waals surface area contributed by atoms with Crippen LogP contribution in [-0.2, 0) is 9.53 Å². The van der Waals surface area contributed by atoms with Gasteiger partial charge in [0.2, 0.25) is 0 Å². The molecule has 5 nitrogen and oxygen atoms in total. The highest BCUT2D eigenvalue weighted by atomic mass is 16.5. The van der Waals surface area contributed by atoms with Crippen molar-refractivity contribution < 1.29 is 14.3 Å². The van der Waals surface area contributed by atoms with Crippen molar-refractivity contribution in [3.8, 4) is 0 Å². The van der Waals surface area contributed by atoms with Gasteiger partial charge in [0.15, 0.2) is 0 Å². The fourth-order valence-electron chi connectivity index (χ4n) is 1.74. The predicted molar refractivity (Wildman–Crippen MR) is 73.7 cm³/mol. The van der Waals surface area contributed by atoms with Gasteiger partial charge in [0.1, 0.15) is 6.54 Å². The fraction of sp³-hybridized carbons (Fsp3) is 0.429. The third kappa shape index (κ3) is 4.62. The van der Waals surface area contributed by atoms with Crippen molar-refractivity contribution in [3.63, 3.8) is 0 Å². The molecule has 0 aromatic heterocycles. The highest BCUT2D eigenvalue weighted by Gasteiger charge is 2.18. The first-order valence-corrected chi connectivity index (χ1v) is 6.38. The molecule has 1 aromatic rings. The Bertz CT molecular complexity index is 446. The zero-order valence-corrected chi connectivity index (χ0v) is 11.4. The fourth-order valence-corrected chi connectivity index (χ4v) is 1.74. The molecule has 1 aromatic carbocycles. The summed E-state index contributed by atoms with van der Waals surface area (Å²) in [4.78, 5) is 25.3.